The highest BCUT2D eigenvalue weighted by Crippen LogP contribution is 2.30. The van der Waals surface area contributed by atoms with Gasteiger partial charge in [0.25, 0.3) is 0 Å². The Morgan fingerprint density at radius 3 is 2.30 bits per heavy atom. The summed E-state index contributed by atoms with van der Waals surface area (Å²) in [6.45, 7) is 4.45. The van der Waals surface area contributed by atoms with Gasteiger partial charge < -0.3 is 4.74 Å². The van der Waals surface area contributed by atoms with Crippen LogP contribution in [-0.4, -0.2) is 12.2 Å². The summed E-state index contributed by atoms with van der Waals surface area (Å²) in [7, 11) is 0. The van der Waals surface area contributed by atoms with Crippen molar-refractivity contribution >= 4 is 0 Å². The summed E-state index contributed by atoms with van der Waals surface area (Å²) in [5.41, 5.74) is 0. The molecule has 1 rings (SSSR count). The van der Waals surface area contributed by atoms with E-state index in [0.29, 0.717) is 12.2 Å². The van der Waals surface area contributed by atoms with Gasteiger partial charge in [-0.2, -0.15) is 0 Å². The van der Waals surface area contributed by atoms with Crippen LogP contribution in [0.4, 0.5) is 0 Å². The second kappa shape index (κ2) is 3.97. The Kier molecular flexibility index (Phi) is 3.20. The van der Waals surface area contributed by atoms with Gasteiger partial charge in [-0.15, -0.1) is 0 Å². The SMILES string of the molecule is CCCC[C@@H]1O[C@H]1CCC. The van der Waals surface area contributed by atoms with E-state index in [4.69, 9.17) is 4.74 Å². The zero-order valence-electron chi connectivity index (χ0n) is 7.10. The first-order valence-electron chi connectivity index (χ1n) is 4.54. The maximum atomic E-state index is 5.46. The molecule has 0 aliphatic carbocycles. The van der Waals surface area contributed by atoms with Crippen molar-refractivity contribution in [1.82, 2.24) is 0 Å². The van der Waals surface area contributed by atoms with E-state index in [2.05, 4.69) is 13.8 Å². The highest BCUT2D eigenvalue weighted by Gasteiger charge is 2.36. The fourth-order valence-electron chi connectivity index (χ4n) is 1.38. The molecule has 60 valence electrons. The molecule has 1 aliphatic heterocycles. The lowest BCUT2D eigenvalue weighted by atomic mass is 10.1. The largest absolute Gasteiger partial charge is 0.370 e. The Labute approximate surface area is 63.8 Å². The summed E-state index contributed by atoms with van der Waals surface area (Å²) >= 11 is 0. The first-order valence-corrected chi connectivity index (χ1v) is 4.54. The van der Waals surface area contributed by atoms with Crippen LogP contribution < -0.4 is 0 Å². The molecule has 1 saturated heterocycles. The quantitative estimate of drug-likeness (QED) is 0.538. The number of unbranched alkanes of at least 4 members (excludes halogenated alkanes) is 1. The van der Waals surface area contributed by atoms with Crippen molar-refractivity contribution in [1.29, 1.82) is 0 Å². The third-order valence-corrected chi connectivity index (χ3v) is 2.10. The third-order valence-electron chi connectivity index (χ3n) is 2.10. The second-order valence-corrected chi connectivity index (χ2v) is 3.14. The van der Waals surface area contributed by atoms with E-state index >= 15 is 0 Å². The van der Waals surface area contributed by atoms with Gasteiger partial charge in [0.1, 0.15) is 0 Å². The molecule has 1 heteroatoms. The zero-order valence-corrected chi connectivity index (χ0v) is 7.10. The van der Waals surface area contributed by atoms with Crippen LogP contribution in [0.2, 0.25) is 0 Å². The summed E-state index contributed by atoms with van der Waals surface area (Å²) in [6.07, 6.45) is 7.75. The Bertz CT molecular complexity index is 90.7. The highest BCUT2D eigenvalue weighted by molar-refractivity contribution is 4.83. The topological polar surface area (TPSA) is 12.5 Å². The van der Waals surface area contributed by atoms with Crippen molar-refractivity contribution in [2.75, 3.05) is 0 Å². The van der Waals surface area contributed by atoms with Crippen LogP contribution in [0.15, 0.2) is 0 Å². The number of epoxide rings is 1. The van der Waals surface area contributed by atoms with Gasteiger partial charge in [-0.1, -0.05) is 33.1 Å². The zero-order chi connectivity index (χ0) is 7.40. The first kappa shape index (κ1) is 8.06. The lowest BCUT2D eigenvalue weighted by molar-refractivity contribution is 0.352. The molecule has 0 amide bonds. The maximum absolute atomic E-state index is 5.46. The van der Waals surface area contributed by atoms with E-state index in [-0.39, 0.29) is 0 Å². The van der Waals surface area contributed by atoms with Crippen LogP contribution in [0.5, 0.6) is 0 Å². The molecule has 1 heterocycles. The monoisotopic (exact) mass is 142 g/mol. The van der Waals surface area contributed by atoms with Gasteiger partial charge in [-0.05, 0) is 12.8 Å². The Hall–Kier alpha value is -0.0400. The van der Waals surface area contributed by atoms with Gasteiger partial charge >= 0.3 is 0 Å². The van der Waals surface area contributed by atoms with Gasteiger partial charge in [0, 0.05) is 0 Å². The number of rotatable bonds is 5. The second-order valence-electron chi connectivity index (χ2n) is 3.14. The van der Waals surface area contributed by atoms with Gasteiger partial charge in [-0.25, -0.2) is 0 Å². The van der Waals surface area contributed by atoms with Crippen molar-refractivity contribution in [2.45, 2.75) is 58.2 Å². The van der Waals surface area contributed by atoms with Gasteiger partial charge in [0.15, 0.2) is 0 Å². The van der Waals surface area contributed by atoms with Crippen molar-refractivity contribution in [3.63, 3.8) is 0 Å². The first-order chi connectivity index (χ1) is 4.88. The Morgan fingerprint density at radius 2 is 1.70 bits per heavy atom. The van der Waals surface area contributed by atoms with E-state index in [1.807, 2.05) is 0 Å². The van der Waals surface area contributed by atoms with Crippen molar-refractivity contribution in [3.05, 3.63) is 0 Å². The minimum Gasteiger partial charge on any atom is -0.370 e. The van der Waals surface area contributed by atoms with E-state index < -0.39 is 0 Å². The Morgan fingerprint density at radius 1 is 1.00 bits per heavy atom. The van der Waals surface area contributed by atoms with E-state index in [9.17, 15) is 0 Å². The molecule has 0 aromatic heterocycles. The number of hydrogen-bond donors (Lipinski definition) is 0. The van der Waals surface area contributed by atoms with E-state index in [1.165, 1.54) is 32.1 Å². The van der Waals surface area contributed by atoms with Crippen LogP contribution in [0.1, 0.15) is 46.0 Å². The highest BCUT2D eigenvalue weighted by atomic mass is 16.6. The van der Waals surface area contributed by atoms with Crippen molar-refractivity contribution in [2.24, 2.45) is 0 Å². The molecule has 0 saturated carbocycles. The van der Waals surface area contributed by atoms with E-state index in [0.717, 1.165) is 0 Å². The Balaban J connectivity index is 1.92. The number of ether oxygens (including phenoxy) is 1. The average molecular weight is 142 g/mol. The summed E-state index contributed by atoms with van der Waals surface area (Å²) in [5.74, 6) is 0. The van der Waals surface area contributed by atoms with Crippen molar-refractivity contribution < 1.29 is 4.74 Å². The molecule has 1 nitrogen and oxygen atoms in total. The minimum atomic E-state index is 0.636. The van der Waals surface area contributed by atoms with Gasteiger partial charge in [0.05, 0.1) is 12.2 Å². The van der Waals surface area contributed by atoms with Crippen molar-refractivity contribution in [3.8, 4) is 0 Å². The minimum absolute atomic E-state index is 0.636. The predicted molar refractivity (Wildman–Crippen MR) is 43.1 cm³/mol. The molecular weight excluding hydrogens is 124 g/mol. The molecule has 2 atom stereocenters. The molecule has 0 unspecified atom stereocenters. The molecule has 0 spiro atoms. The van der Waals surface area contributed by atoms with Crippen LogP contribution in [0.3, 0.4) is 0 Å². The molecule has 0 bridgehead atoms. The van der Waals surface area contributed by atoms with Crippen LogP contribution >= 0.6 is 0 Å². The average Bonchev–Trinajstić information content (AvgIpc) is 2.65. The summed E-state index contributed by atoms with van der Waals surface area (Å²) in [5, 5.41) is 0. The third kappa shape index (κ3) is 2.30. The predicted octanol–water partition coefficient (Wildman–Crippen LogP) is 2.74. The fourth-order valence-corrected chi connectivity index (χ4v) is 1.38. The lowest BCUT2D eigenvalue weighted by Crippen LogP contribution is -1.92. The van der Waals surface area contributed by atoms with Gasteiger partial charge in [0.2, 0.25) is 0 Å². The van der Waals surface area contributed by atoms with Crippen LogP contribution in [-0.2, 0) is 4.74 Å². The van der Waals surface area contributed by atoms with E-state index in [1.54, 1.807) is 0 Å². The molecular formula is C9H18O. The lowest BCUT2D eigenvalue weighted by Gasteiger charge is -1.90. The number of hydrogen-bond acceptors (Lipinski definition) is 1. The fraction of sp³-hybridized carbons (Fsp3) is 1.00. The molecule has 1 fully saturated rings. The molecule has 10 heavy (non-hydrogen) atoms. The van der Waals surface area contributed by atoms with Gasteiger partial charge in [-0.3, -0.25) is 0 Å². The molecule has 1 aliphatic rings. The maximum Gasteiger partial charge on any atom is 0.0841 e. The molecule has 0 aromatic carbocycles. The summed E-state index contributed by atoms with van der Waals surface area (Å²) < 4.78 is 5.46. The molecule has 0 N–H and O–H groups in total. The van der Waals surface area contributed by atoms with Crippen LogP contribution in [0.25, 0.3) is 0 Å². The molecule has 0 aromatic rings. The summed E-state index contributed by atoms with van der Waals surface area (Å²) in [6, 6.07) is 0. The normalized spacial score (nSPS) is 30.6. The van der Waals surface area contributed by atoms with Crippen LogP contribution in [0, 0.1) is 0 Å². The standard InChI is InChI=1S/C9H18O/c1-3-5-7-9-8(10-9)6-4-2/h8-9H,3-7H2,1-2H3/t8-,9-/m0/s1. The molecule has 0 radical (unpaired) electrons. The smallest absolute Gasteiger partial charge is 0.0841 e. The summed E-state index contributed by atoms with van der Waals surface area (Å²) in [4.78, 5) is 0.